The summed E-state index contributed by atoms with van der Waals surface area (Å²) in [5.41, 5.74) is 10.3. The molecule has 0 fully saturated rings. The molecule has 0 spiro atoms. The van der Waals surface area contributed by atoms with Crippen molar-refractivity contribution in [1.29, 1.82) is 0 Å². The highest BCUT2D eigenvalue weighted by atomic mass is 79.9. The van der Waals surface area contributed by atoms with Crippen molar-refractivity contribution in [3.8, 4) is 0 Å². The molecule has 0 saturated carbocycles. The lowest BCUT2D eigenvalue weighted by atomic mass is 10.1. The Balaban J connectivity index is 2.44. The van der Waals surface area contributed by atoms with Crippen LogP contribution in [0.3, 0.4) is 0 Å². The lowest BCUT2D eigenvalue weighted by Gasteiger charge is -2.16. The van der Waals surface area contributed by atoms with Crippen LogP contribution in [0, 0.1) is 20.8 Å². The van der Waals surface area contributed by atoms with Crippen LogP contribution >= 0.6 is 15.9 Å². The SMILES string of the molecule is CCCc1nc(N)c(C)c(Nc2c(C)cc(Br)cc2C)n1. The fourth-order valence-electron chi connectivity index (χ4n) is 2.27. The predicted molar refractivity (Wildman–Crippen MR) is 92.1 cm³/mol. The first-order chi connectivity index (χ1) is 9.92. The van der Waals surface area contributed by atoms with Crippen LogP contribution in [0.2, 0.25) is 0 Å². The van der Waals surface area contributed by atoms with E-state index in [-0.39, 0.29) is 0 Å². The van der Waals surface area contributed by atoms with E-state index >= 15 is 0 Å². The smallest absolute Gasteiger partial charge is 0.139 e. The average molecular weight is 349 g/mol. The van der Waals surface area contributed by atoms with Crippen molar-refractivity contribution < 1.29 is 0 Å². The van der Waals surface area contributed by atoms with Crippen LogP contribution in [-0.4, -0.2) is 9.97 Å². The summed E-state index contributed by atoms with van der Waals surface area (Å²) in [5.74, 6) is 2.12. The zero-order chi connectivity index (χ0) is 15.6. The second-order valence-electron chi connectivity index (χ2n) is 5.29. The van der Waals surface area contributed by atoms with E-state index in [0.717, 1.165) is 51.3 Å². The highest BCUT2D eigenvalue weighted by Crippen LogP contribution is 2.29. The molecule has 5 heteroatoms. The fraction of sp³-hybridized carbons (Fsp3) is 0.375. The third-order valence-electron chi connectivity index (χ3n) is 3.44. The number of hydrogen-bond acceptors (Lipinski definition) is 4. The summed E-state index contributed by atoms with van der Waals surface area (Å²) in [6, 6.07) is 4.17. The Morgan fingerprint density at radius 1 is 1.14 bits per heavy atom. The Hall–Kier alpha value is -1.62. The average Bonchev–Trinajstić information content (AvgIpc) is 2.39. The monoisotopic (exact) mass is 348 g/mol. The topological polar surface area (TPSA) is 63.8 Å². The van der Waals surface area contributed by atoms with Crippen LogP contribution in [0.25, 0.3) is 0 Å². The normalized spacial score (nSPS) is 10.7. The molecule has 0 bridgehead atoms. The van der Waals surface area contributed by atoms with Crippen molar-refractivity contribution in [2.45, 2.75) is 40.5 Å². The van der Waals surface area contributed by atoms with Crippen LogP contribution in [-0.2, 0) is 6.42 Å². The van der Waals surface area contributed by atoms with Crippen molar-refractivity contribution in [3.05, 3.63) is 39.1 Å². The molecule has 0 aliphatic carbocycles. The number of nitrogens with one attached hydrogen (secondary N) is 1. The van der Waals surface area contributed by atoms with Gasteiger partial charge in [0.2, 0.25) is 0 Å². The third-order valence-corrected chi connectivity index (χ3v) is 3.90. The van der Waals surface area contributed by atoms with Crippen LogP contribution in [0.4, 0.5) is 17.3 Å². The van der Waals surface area contributed by atoms with Gasteiger partial charge in [0.15, 0.2) is 0 Å². The molecule has 0 amide bonds. The number of nitrogens with two attached hydrogens (primary N) is 1. The molecule has 2 aromatic rings. The highest BCUT2D eigenvalue weighted by molar-refractivity contribution is 9.10. The minimum Gasteiger partial charge on any atom is -0.383 e. The van der Waals surface area contributed by atoms with Gasteiger partial charge in [0.25, 0.3) is 0 Å². The molecule has 1 heterocycles. The van der Waals surface area contributed by atoms with E-state index in [1.165, 1.54) is 0 Å². The number of anilines is 3. The molecule has 112 valence electrons. The number of aryl methyl sites for hydroxylation is 3. The molecule has 0 aliphatic rings. The number of nitrogen functional groups attached to an aromatic ring is 1. The second kappa shape index (κ2) is 6.43. The lowest BCUT2D eigenvalue weighted by molar-refractivity contribution is 0.836. The number of benzene rings is 1. The summed E-state index contributed by atoms with van der Waals surface area (Å²) in [6.07, 6.45) is 1.83. The number of aromatic nitrogens is 2. The summed E-state index contributed by atoms with van der Waals surface area (Å²) < 4.78 is 1.08. The van der Waals surface area contributed by atoms with Crippen LogP contribution in [0.15, 0.2) is 16.6 Å². The summed E-state index contributed by atoms with van der Waals surface area (Å²) in [7, 11) is 0. The van der Waals surface area contributed by atoms with Crippen molar-refractivity contribution in [3.63, 3.8) is 0 Å². The fourth-order valence-corrected chi connectivity index (χ4v) is 2.95. The van der Waals surface area contributed by atoms with Gasteiger partial charge in [0, 0.05) is 22.1 Å². The minimum absolute atomic E-state index is 0.545. The number of hydrogen-bond donors (Lipinski definition) is 2. The molecule has 0 radical (unpaired) electrons. The van der Waals surface area contributed by atoms with E-state index in [1.54, 1.807) is 0 Å². The Labute approximate surface area is 134 Å². The van der Waals surface area contributed by atoms with E-state index in [0.29, 0.717) is 5.82 Å². The van der Waals surface area contributed by atoms with Gasteiger partial charge in [-0.2, -0.15) is 0 Å². The first kappa shape index (κ1) is 15.8. The summed E-state index contributed by atoms with van der Waals surface area (Å²) in [4.78, 5) is 8.95. The zero-order valence-electron chi connectivity index (χ0n) is 12.9. The summed E-state index contributed by atoms with van der Waals surface area (Å²) in [6.45, 7) is 8.20. The van der Waals surface area contributed by atoms with Gasteiger partial charge in [-0.25, -0.2) is 9.97 Å². The highest BCUT2D eigenvalue weighted by Gasteiger charge is 2.11. The molecule has 21 heavy (non-hydrogen) atoms. The van der Waals surface area contributed by atoms with E-state index < -0.39 is 0 Å². The first-order valence-electron chi connectivity index (χ1n) is 7.09. The molecule has 4 nitrogen and oxygen atoms in total. The molecular formula is C16H21BrN4. The van der Waals surface area contributed by atoms with Gasteiger partial charge >= 0.3 is 0 Å². The number of rotatable bonds is 4. The summed E-state index contributed by atoms with van der Waals surface area (Å²) in [5, 5.41) is 3.42. The predicted octanol–water partition coefficient (Wildman–Crippen LogP) is 4.44. The molecule has 1 aromatic heterocycles. The molecule has 0 aliphatic heterocycles. The first-order valence-corrected chi connectivity index (χ1v) is 7.88. The van der Waals surface area contributed by atoms with Crippen LogP contribution < -0.4 is 11.1 Å². The Bertz CT molecular complexity index is 645. The molecule has 3 N–H and O–H groups in total. The second-order valence-corrected chi connectivity index (χ2v) is 6.20. The maximum Gasteiger partial charge on any atom is 0.139 e. The van der Waals surface area contributed by atoms with E-state index in [1.807, 2.05) is 6.92 Å². The maximum atomic E-state index is 6.01. The van der Waals surface area contributed by atoms with Crippen molar-refractivity contribution in [2.75, 3.05) is 11.1 Å². The Kier molecular flexibility index (Phi) is 4.83. The number of halogens is 1. The molecule has 0 unspecified atom stereocenters. The third kappa shape index (κ3) is 3.53. The molecule has 0 saturated heterocycles. The van der Waals surface area contributed by atoms with Gasteiger partial charge in [0.1, 0.15) is 17.5 Å². The van der Waals surface area contributed by atoms with Crippen molar-refractivity contribution in [1.82, 2.24) is 9.97 Å². The lowest BCUT2D eigenvalue weighted by Crippen LogP contribution is -2.08. The maximum absolute atomic E-state index is 6.01. The van der Waals surface area contributed by atoms with E-state index in [2.05, 4.69) is 64.1 Å². The summed E-state index contributed by atoms with van der Waals surface area (Å²) >= 11 is 3.52. The molecule has 2 rings (SSSR count). The van der Waals surface area contributed by atoms with Crippen LogP contribution in [0.5, 0.6) is 0 Å². The molecule has 0 atom stereocenters. The zero-order valence-corrected chi connectivity index (χ0v) is 14.5. The van der Waals surface area contributed by atoms with Crippen LogP contribution in [0.1, 0.15) is 35.9 Å². The minimum atomic E-state index is 0.545. The largest absolute Gasteiger partial charge is 0.383 e. The van der Waals surface area contributed by atoms with E-state index in [4.69, 9.17) is 5.73 Å². The van der Waals surface area contributed by atoms with Gasteiger partial charge in [-0.1, -0.05) is 22.9 Å². The quantitative estimate of drug-likeness (QED) is 0.856. The van der Waals surface area contributed by atoms with Gasteiger partial charge in [-0.15, -0.1) is 0 Å². The van der Waals surface area contributed by atoms with Crippen molar-refractivity contribution >= 4 is 33.3 Å². The molecular weight excluding hydrogens is 328 g/mol. The molecule has 1 aromatic carbocycles. The Morgan fingerprint density at radius 2 is 1.76 bits per heavy atom. The van der Waals surface area contributed by atoms with Gasteiger partial charge in [-0.3, -0.25) is 0 Å². The van der Waals surface area contributed by atoms with Gasteiger partial charge in [0.05, 0.1) is 0 Å². The van der Waals surface area contributed by atoms with Crippen molar-refractivity contribution in [2.24, 2.45) is 0 Å². The Morgan fingerprint density at radius 3 is 2.33 bits per heavy atom. The van der Waals surface area contributed by atoms with Gasteiger partial charge < -0.3 is 11.1 Å². The van der Waals surface area contributed by atoms with E-state index in [9.17, 15) is 0 Å². The van der Waals surface area contributed by atoms with Gasteiger partial charge in [-0.05, 0) is 50.5 Å². The number of nitrogens with zero attached hydrogens (tertiary/aromatic N) is 2. The standard InChI is InChI=1S/C16H21BrN4/c1-5-6-13-19-15(18)11(4)16(20-13)21-14-9(2)7-12(17)8-10(14)3/h7-8H,5-6H2,1-4H3,(H3,18,19,20,21).